The number of hydrogen-bond acceptors (Lipinski definition) is 5. The monoisotopic (exact) mass is 311 g/mol. The predicted octanol–water partition coefficient (Wildman–Crippen LogP) is 2.62. The molecule has 1 aromatic heterocycles. The minimum atomic E-state index is 0.493. The van der Waals surface area contributed by atoms with Crippen LogP contribution in [-0.2, 0) is 6.54 Å². The van der Waals surface area contributed by atoms with Gasteiger partial charge in [0.1, 0.15) is 18.0 Å². The summed E-state index contributed by atoms with van der Waals surface area (Å²) in [5, 5.41) is 3.56. The lowest BCUT2D eigenvalue weighted by Gasteiger charge is -2.32. The van der Waals surface area contributed by atoms with E-state index in [-0.39, 0.29) is 0 Å². The number of rotatable bonds is 5. The predicted molar refractivity (Wildman–Crippen MR) is 94.7 cm³/mol. The van der Waals surface area contributed by atoms with E-state index in [0.717, 1.165) is 44.1 Å². The Morgan fingerprint density at radius 1 is 1.13 bits per heavy atom. The van der Waals surface area contributed by atoms with Gasteiger partial charge in [-0.15, -0.1) is 0 Å². The summed E-state index contributed by atoms with van der Waals surface area (Å²) in [5.41, 5.74) is 1.39. The van der Waals surface area contributed by atoms with Crippen molar-refractivity contribution in [3.8, 4) is 0 Å². The number of nitrogens with one attached hydrogen (secondary N) is 1. The Balaban J connectivity index is 1.50. The van der Waals surface area contributed by atoms with E-state index >= 15 is 0 Å². The zero-order valence-corrected chi connectivity index (χ0v) is 13.9. The van der Waals surface area contributed by atoms with Crippen LogP contribution in [-0.4, -0.2) is 48.1 Å². The van der Waals surface area contributed by atoms with E-state index in [2.05, 4.69) is 50.5 Å². The van der Waals surface area contributed by atoms with Gasteiger partial charge < -0.3 is 10.2 Å². The van der Waals surface area contributed by atoms with Crippen LogP contribution in [0.5, 0.6) is 0 Å². The van der Waals surface area contributed by atoms with Crippen molar-refractivity contribution in [3.63, 3.8) is 0 Å². The number of nitrogens with zero attached hydrogens (tertiary/aromatic N) is 4. The lowest BCUT2D eigenvalue weighted by molar-refractivity contribution is 0.211. The molecule has 0 aliphatic carbocycles. The van der Waals surface area contributed by atoms with Gasteiger partial charge in [-0.25, -0.2) is 9.97 Å². The van der Waals surface area contributed by atoms with Gasteiger partial charge in [0.25, 0.3) is 0 Å². The first-order chi connectivity index (χ1) is 11.2. The van der Waals surface area contributed by atoms with Gasteiger partial charge >= 0.3 is 0 Å². The molecule has 2 aromatic rings. The average Bonchev–Trinajstić information content (AvgIpc) is 2.58. The normalized spacial score (nSPS) is 16.3. The molecule has 1 aromatic carbocycles. The molecule has 1 aliphatic heterocycles. The lowest BCUT2D eigenvalue weighted by atomic mass is 10.0. The van der Waals surface area contributed by atoms with Crippen molar-refractivity contribution in [2.24, 2.45) is 0 Å². The van der Waals surface area contributed by atoms with Crippen molar-refractivity contribution >= 4 is 11.6 Å². The topological polar surface area (TPSA) is 44.3 Å². The van der Waals surface area contributed by atoms with Crippen molar-refractivity contribution in [1.82, 2.24) is 14.9 Å². The largest absolute Gasteiger partial charge is 0.367 e. The molecule has 0 radical (unpaired) electrons. The third-order valence-corrected chi connectivity index (χ3v) is 4.30. The smallest absolute Gasteiger partial charge is 0.133 e. The van der Waals surface area contributed by atoms with Gasteiger partial charge in [-0.05, 0) is 18.4 Å². The zero-order chi connectivity index (χ0) is 16.1. The van der Waals surface area contributed by atoms with Crippen LogP contribution in [0.1, 0.15) is 18.4 Å². The summed E-state index contributed by atoms with van der Waals surface area (Å²) in [6.07, 6.45) is 3.92. The maximum absolute atomic E-state index is 4.34. The van der Waals surface area contributed by atoms with E-state index in [4.69, 9.17) is 0 Å². The number of benzene rings is 1. The molecule has 5 nitrogen and oxygen atoms in total. The molecule has 5 heteroatoms. The fourth-order valence-corrected chi connectivity index (χ4v) is 2.96. The summed E-state index contributed by atoms with van der Waals surface area (Å²) >= 11 is 0. The van der Waals surface area contributed by atoms with Crippen molar-refractivity contribution in [2.45, 2.75) is 25.4 Å². The van der Waals surface area contributed by atoms with Crippen molar-refractivity contribution < 1.29 is 0 Å². The van der Waals surface area contributed by atoms with Gasteiger partial charge in [0.2, 0.25) is 0 Å². The molecular formula is C18H25N5. The summed E-state index contributed by atoms with van der Waals surface area (Å²) in [4.78, 5) is 13.1. The van der Waals surface area contributed by atoms with Crippen LogP contribution >= 0.6 is 0 Å². The first-order valence-corrected chi connectivity index (χ1v) is 8.23. The van der Waals surface area contributed by atoms with E-state index in [1.165, 1.54) is 5.56 Å². The van der Waals surface area contributed by atoms with Gasteiger partial charge in [-0.2, -0.15) is 0 Å². The number of piperidine rings is 1. The SMILES string of the molecule is CN(C)c1cc(NC2CCN(Cc3ccccc3)CC2)ncn1. The van der Waals surface area contributed by atoms with E-state index in [9.17, 15) is 0 Å². The highest BCUT2D eigenvalue weighted by molar-refractivity contribution is 5.47. The third-order valence-electron chi connectivity index (χ3n) is 4.30. The maximum Gasteiger partial charge on any atom is 0.133 e. The summed E-state index contributed by atoms with van der Waals surface area (Å²) < 4.78 is 0. The quantitative estimate of drug-likeness (QED) is 0.919. The Morgan fingerprint density at radius 2 is 1.87 bits per heavy atom. The van der Waals surface area contributed by atoms with Crippen LogP contribution in [0.25, 0.3) is 0 Å². The second-order valence-electron chi connectivity index (χ2n) is 6.34. The van der Waals surface area contributed by atoms with Gasteiger partial charge in [0.15, 0.2) is 0 Å². The first-order valence-electron chi connectivity index (χ1n) is 8.23. The Kier molecular flexibility index (Phi) is 5.08. The van der Waals surface area contributed by atoms with Gasteiger partial charge in [-0.3, -0.25) is 4.90 Å². The first kappa shape index (κ1) is 15.7. The molecule has 1 N–H and O–H groups in total. The number of likely N-dealkylation sites (tertiary alicyclic amines) is 1. The van der Waals surface area contributed by atoms with Crippen molar-refractivity contribution in [1.29, 1.82) is 0 Å². The Morgan fingerprint density at radius 3 is 2.57 bits per heavy atom. The van der Waals surface area contributed by atoms with Crippen LogP contribution < -0.4 is 10.2 Å². The molecule has 23 heavy (non-hydrogen) atoms. The van der Waals surface area contributed by atoms with Gasteiger partial charge in [0, 0.05) is 45.8 Å². The Bertz CT molecular complexity index is 606. The van der Waals surface area contributed by atoms with Crippen LogP contribution in [0.3, 0.4) is 0 Å². The van der Waals surface area contributed by atoms with E-state index in [1.54, 1.807) is 6.33 Å². The van der Waals surface area contributed by atoms with Gasteiger partial charge in [0.05, 0.1) is 0 Å². The molecule has 0 saturated carbocycles. The van der Waals surface area contributed by atoms with Crippen LogP contribution in [0.2, 0.25) is 0 Å². The summed E-state index contributed by atoms with van der Waals surface area (Å²) in [6, 6.07) is 13.2. The average molecular weight is 311 g/mol. The van der Waals surface area contributed by atoms with E-state index < -0.39 is 0 Å². The van der Waals surface area contributed by atoms with Crippen molar-refractivity contribution in [2.75, 3.05) is 37.4 Å². The molecule has 0 unspecified atom stereocenters. The molecule has 1 saturated heterocycles. The minimum absolute atomic E-state index is 0.493. The molecule has 2 heterocycles. The fourth-order valence-electron chi connectivity index (χ4n) is 2.96. The minimum Gasteiger partial charge on any atom is -0.367 e. The summed E-state index contributed by atoms with van der Waals surface area (Å²) in [5.74, 6) is 1.86. The van der Waals surface area contributed by atoms with Crippen molar-refractivity contribution in [3.05, 3.63) is 48.3 Å². The van der Waals surface area contributed by atoms with Crippen LogP contribution in [0, 0.1) is 0 Å². The molecule has 0 bridgehead atoms. The lowest BCUT2D eigenvalue weighted by Crippen LogP contribution is -2.38. The van der Waals surface area contributed by atoms with Crippen LogP contribution in [0.4, 0.5) is 11.6 Å². The molecule has 0 spiro atoms. The number of aromatic nitrogens is 2. The molecule has 0 amide bonds. The molecule has 1 aliphatic rings. The van der Waals surface area contributed by atoms with E-state index in [1.807, 2.05) is 25.1 Å². The maximum atomic E-state index is 4.34. The molecule has 0 atom stereocenters. The second-order valence-corrected chi connectivity index (χ2v) is 6.34. The molecule has 3 rings (SSSR count). The zero-order valence-electron chi connectivity index (χ0n) is 13.9. The summed E-state index contributed by atoms with van der Waals surface area (Å²) in [7, 11) is 3.99. The van der Waals surface area contributed by atoms with Gasteiger partial charge in [-0.1, -0.05) is 30.3 Å². The Labute approximate surface area is 138 Å². The highest BCUT2D eigenvalue weighted by Crippen LogP contribution is 2.18. The van der Waals surface area contributed by atoms with E-state index in [0.29, 0.717) is 6.04 Å². The molecular weight excluding hydrogens is 286 g/mol. The third kappa shape index (κ3) is 4.42. The highest BCUT2D eigenvalue weighted by Gasteiger charge is 2.19. The number of anilines is 2. The second kappa shape index (κ2) is 7.42. The molecule has 122 valence electrons. The Hall–Kier alpha value is -2.14. The standard InChI is InChI=1S/C18H25N5/c1-22(2)18-12-17(19-14-20-18)21-16-8-10-23(11-9-16)13-15-6-4-3-5-7-15/h3-7,12,14,16H,8-11,13H2,1-2H3,(H,19,20,21). The number of hydrogen-bond donors (Lipinski definition) is 1. The van der Waals surface area contributed by atoms with Crippen LogP contribution in [0.15, 0.2) is 42.7 Å². The molecule has 1 fully saturated rings. The highest BCUT2D eigenvalue weighted by atomic mass is 15.2. The fraction of sp³-hybridized carbons (Fsp3) is 0.444. The summed E-state index contributed by atoms with van der Waals surface area (Å²) in [6.45, 7) is 3.29.